The maximum absolute atomic E-state index is 12.0. The van der Waals surface area contributed by atoms with Crippen LogP contribution in [-0.2, 0) is 9.59 Å². The minimum Gasteiger partial charge on any atom is -0.295 e. The molecule has 18 heavy (non-hydrogen) atoms. The van der Waals surface area contributed by atoms with Crippen molar-refractivity contribution in [2.45, 2.75) is 19.8 Å². The van der Waals surface area contributed by atoms with Crippen LogP contribution < -0.4 is 0 Å². The molecule has 3 rings (SSSR count). The summed E-state index contributed by atoms with van der Waals surface area (Å²) in [5.41, 5.74) is 2.40. The third kappa shape index (κ3) is 1.48. The van der Waals surface area contributed by atoms with E-state index in [0.29, 0.717) is 0 Å². The SMILES string of the molecule is Cc1ccc([C@@H]2[C@@H](C)[C@H]3C(=O)C=CC(=O)[C@H]32)cc1. The van der Waals surface area contributed by atoms with Crippen molar-refractivity contribution in [1.29, 1.82) is 0 Å². The molecule has 1 aromatic carbocycles. The number of aryl methyl sites for hydroxylation is 1. The van der Waals surface area contributed by atoms with E-state index in [0.717, 1.165) is 0 Å². The van der Waals surface area contributed by atoms with E-state index in [-0.39, 0.29) is 35.2 Å². The van der Waals surface area contributed by atoms with Gasteiger partial charge in [0.25, 0.3) is 0 Å². The number of hydrogen-bond donors (Lipinski definition) is 0. The average Bonchev–Trinajstić information content (AvgIpc) is 2.34. The molecule has 2 nitrogen and oxygen atoms in total. The van der Waals surface area contributed by atoms with Gasteiger partial charge in [-0.25, -0.2) is 0 Å². The first kappa shape index (κ1) is 11.4. The third-order valence-electron chi connectivity index (χ3n) is 4.44. The Balaban J connectivity index is 1.95. The van der Waals surface area contributed by atoms with E-state index in [9.17, 15) is 9.59 Å². The molecule has 2 heteroatoms. The largest absolute Gasteiger partial charge is 0.295 e. The lowest BCUT2D eigenvalue weighted by atomic mass is 9.51. The smallest absolute Gasteiger partial charge is 0.160 e. The average molecular weight is 240 g/mol. The van der Waals surface area contributed by atoms with Gasteiger partial charge >= 0.3 is 0 Å². The maximum atomic E-state index is 12.0. The van der Waals surface area contributed by atoms with E-state index < -0.39 is 0 Å². The monoisotopic (exact) mass is 240 g/mol. The number of rotatable bonds is 1. The molecule has 0 heterocycles. The Kier molecular flexibility index (Phi) is 2.47. The van der Waals surface area contributed by atoms with Crippen molar-refractivity contribution in [3.05, 3.63) is 47.5 Å². The van der Waals surface area contributed by atoms with Crippen LogP contribution in [0.1, 0.15) is 24.0 Å². The van der Waals surface area contributed by atoms with Gasteiger partial charge in [-0.3, -0.25) is 9.59 Å². The van der Waals surface area contributed by atoms with Gasteiger partial charge in [0.1, 0.15) is 0 Å². The van der Waals surface area contributed by atoms with Crippen LogP contribution >= 0.6 is 0 Å². The van der Waals surface area contributed by atoms with Crippen molar-refractivity contribution in [3.8, 4) is 0 Å². The molecule has 0 radical (unpaired) electrons. The number of carbonyl (C=O) groups is 2. The summed E-state index contributed by atoms with van der Waals surface area (Å²) in [6, 6.07) is 8.31. The summed E-state index contributed by atoms with van der Waals surface area (Å²) in [7, 11) is 0. The first-order chi connectivity index (χ1) is 8.59. The molecule has 0 aliphatic heterocycles. The standard InChI is InChI=1S/C16H16O2/c1-9-3-5-11(6-4-9)14-10(2)15-12(17)7-8-13(18)16(14)15/h3-8,10,14-16H,1-2H3/t10-,14+,15+,16+/m1/s1. The minimum absolute atomic E-state index is 0.0891. The van der Waals surface area contributed by atoms with Crippen LogP contribution in [0.4, 0.5) is 0 Å². The Morgan fingerprint density at radius 3 is 2.00 bits per heavy atom. The Hall–Kier alpha value is -1.70. The Morgan fingerprint density at radius 2 is 1.39 bits per heavy atom. The minimum atomic E-state index is -0.125. The Morgan fingerprint density at radius 1 is 0.833 bits per heavy atom. The summed E-state index contributed by atoms with van der Waals surface area (Å²) in [6.45, 7) is 4.13. The highest BCUT2D eigenvalue weighted by Crippen LogP contribution is 2.54. The number of carbonyl (C=O) groups excluding carboxylic acids is 2. The highest BCUT2D eigenvalue weighted by atomic mass is 16.1. The number of ketones is 2. The van der Waals surface area contributed by atoms with Crippen molar-refractivity contribution in [2.24, 2.45) is 17.8 Å². The lowest BCUT2D eigenvalue weighted by Crippen LogP contribution is -2.52. The summed E-state index contributed by atoms with van der Waals surface area (Å²) in [5, 5.41) is 0. The molecule has 1 aromatic rings. The van der Waals surface area contributed by atoms with Crippen molar-refractivity contribution >= 4 is 11.6 Å². The van der Waals surface area contributed by atoms with Crippen LogP contribution in [0.5, 0.6) is 0 Å². The van der Waals surface area contributed by atoms with Gasteiger partial charge in [0, 0.05) is 11.8 Å². The molecule has 0 unspecified atom stereocenters. The van der Waals surface area contributed by atoms with Crippen LogP contribution in [-0.4, -0.2) is 11.6 Å². The topological polar surface area (TPSA) is 34.1 Å². The van der Waals surface area contributed by atoms with Gasteiger partial charge in [0.05, 0.1) is 0 Å². The third-order valence-corrected chi connectivity index (χ3v) is 4.44. The predicted octanol–water partition coefficient (Wildman–Crippen LogP) is 2.67. The number of benzene rings is 1. The van der Waals surface area contributed by atoms with Crippen LogP contribution in [0, 0.1) is 24.7 Å². The van der Waals surface area contributed by atoms with E-state index in [4.69, 9.17) is 0 Å². The molecule has 0 bridgehead atoms. The Bertz CT molecular complexity index is 539. The first-order valence-electron chi connectivity index (χ1n) is 6.42. The zero-order valence-electron chi connectivity index (χ0n) is 10.6. The van der Waals surface area contributed by atoms with Crippen molar-refractivity contribution < 1.29 is 9.59 Å². The lowest BCUT2D eigenvalue weighted by Gasteiger charge is -2.50. The number of fused-ring (bicyclic) bond motifs is 1. The molecular formula is C16H16O2. The summed E-state index contributed by atoms with van der Waals surface area (Å²) in [6.07, 6.45) is 2.90. The maximum Gasteiger partial charge on any atom is 0.160 e. The van der Waals surface area contributed by atoms with Gasteiger partial charge in [-0.15, -0.1) is 0 Å². The van der Waals surface area contributed by atoms with Gasteiger partial charge in [-0.05, 0) is 36.5 Å². The normalized spacial score (nSPS) is 34.1. The van der Waals surface area contributed by atoms with Gasteiger partial charge in [0.2, 0.25) is 0 Å². The van der Waals surface area contributed by atoms with Crippen LogP contribution in [0.2, 0.25) is 0 Å². The predicted molar refractivity (Wildman–Crippen MR) is 69.2 cm³/mol. The summed E-state index contributed by atoms with van der Waals surface area (Å²) in [4.78, 5) is 23.8. The fourth-order valence-corrected chi connectivity index (χ4v) is 3.43. The van der Waals surface area contributed by atoms with Crippen LogP contribution in [0.3, 0.4) is 0 Å². The quantitative estimate of drug-likeness (QED) is 0.756. The van der Waals surface area contributed by atoms with Gasteiger partial charge in [-0.1, -0.05) is 36.8 Å². The van der Waals surface area contributed by atoms with E-state index in [1.807, 2.05) is 0 Å². The van der Waals surface area contributed by atoms with E-state index in [2.05, 4.69) is 38.1 Å². The second-order valence-corrected chi connectivity index (χ2v) is 5.49. The lowest BCUT2D eigenvalue weighted by molar-refractivity contribution is -0.141. The zero-order valence-corrected chi connectivity index (χ0v) is 10.6. The second kappa shape index (κ2) is 3.91. The van der Waals surface area contributed by atoms with Gasteiger partial charge in [-0.2, -0.15) is 0 Å². The van der Waals surface area contributed by atoms with E-state index in [1.54, 1.807) is 0 Å². The molecule has 0 amide bonds. The summed E-state index contributed by atoms with van der Waals surface area (Å²) in [5.74, 6) is 0.490. The van der Waals surface area contributed by atoms with Gasteiger partial charge in [0.15, 0.2) is 11.6 Å². The van der Waals surface area contributed by atoms with Gasteiger partial charge < -0.3 is 0 Å². The molecule has 1 fully saturated rings. The van der Waals surface area contributed by atoms with Crippen LogP contribution in [0.15, 0.2) is 36.4 Å². The van der Waals surface area contributed by atoms with Crippen molar-refractivity contribution in [3.63, 3.8) is 0 Å². The molecule has 2 aliphatic rings. The summed E-state index contributed by atoms with van der Waals surface area (Å²) >= 11 is 0. The van der Waals surface area contributed by atoms with Crippen molar-refractivity contribution in [1.82, 2.24) is 0 Å². The zero-order chi connectivity index (χ0) is 12.9. The van der Waals surface area contributed by atoms with Crippen molar-refractivity contribution in [2.75, 3.05) is 0 Å². The molecular weight excluding hydrogens is 224 g/mol. The highest BCUT2D eigenvalue weighted by Gasteiger charge is 2.55. The van der Waals surface area contributed by atoms with E-state index in [1.165, 1.54) is 23.3 Å². The second-order valence-electron chi connectivity index (χ2n) is 5.49. The Labute approximate surface area is 107 Å². The van der Waals surface area contributed by atoms with E-state index >= 15 is 0 Å². The molecule has 4 atom stereocenters. The highest BCUT2D eigenvalue weighted by molar-refractivity contribution is 6.09. The molecule has 0 N–H and O–H groups in total. The molecule has 0 aromatic heterocycles. The fourth-order valence-electron chi connectivity index (χ4n) is 3.43. The molecule has 2 aliphatic carbocycles. The van der Waals surface area contributed by atoms with Crippen LogP contribution in [0.25, 0.3) is 0 Å². The molecule has 0 spiro atoms. The summed E-state index contributed by atoms with van der Waals surface area (Å²) < 4.78 is 0. The number of allylic oxidation sites excluding steroid dienone is 2. The molecule has 0 saturated heterocycles. The fraction of sp³-hybridized carbons (Fsp3) is 0.375. The number of hydrogen-bond acceptors (Lipinski definition) is 2. The molecule has 92 valence electrons. The first-order valence-corrected chi connectivity index (χ1v) is 6.42. The molecule has 1 saturated carbocycles.